The zero-order valence-corrected chi connectivity index (χ0v) is 9.42. The lowest BCUT2D eigenvalue weighted by Crippen LogP contribution is -2.42. The van der Waals surface area contributed by atoms with Crippen LogP contribution in [0.5, 0.6) is 0 Å². The third kappa shape index (κ3) is 3.28. The molecule has 1 fully saturated rings. The Labute approximate surface area is 86.6 Å². The molecule has 0 saturated carbocycles. The minimum absolute atomic E-state index is 0.0692. The van der Waals surface area contributed by atoms with Crippen LogP contribution >= 0.6 is 0 Å². The van der Waals surface area contributed by atoms with Gasteiger partial charge in [-0.15, -0.1) is 0 Å². The van der Waals surface area contributed by atoms with Crippen LogP contribution in [0.3, 0.4) is 0 Å². The largest absolute Gasteiger partial charge is 0.374 e. The van der Waals surface area contributed by atoms with Crippen molar-refractivity contribution in [3.63, 3.8) is 0 Å². The summed E-state index contributed by atoms with van der Waals surface area (Å²) in [5, 5.41) is 8.66. The molecule has 1 aliphatic heterocycles. The number of hydrogen-bond donors (Lipinski definition) is 0. The SMILES string of the molecule is CC(CC#N)N1CCCOC(C)(C)C1. The zero-order valence-electron chi connectivity index (χ0n) is 9.42. The second-order valence-corrected chi connectivity index (χ2v) is 4.64. The molecule has 1 heterocycles. The van der Waals surface area contributed by atoms with Gasteiger partial charge in [0.1, 0.15) is 0 Å². The molecule has 0 N–H and O–H groups in total. The van der Waals surface area contributed by atoms with Crippen LogP contribution in [0.4, 0.5) is 0 Å². The molecule has 1 rings (SSSR count). The Morgan fingerprint density at radius 3 is 2.93 bits per heavy atom. The molecule has 0 aromatic rings. The maximum absolute atomic E-state index is 8.66. The minimum Gasteiger partial charge on any atom is -0.374 e. The third-order valence-electron chi connectivity index (χ3n) is 2.68. The first-order valence-electron chi connectivity index (χ1n) is 5.30. The predicted molar refractivity (Wildman–Crippen MR) is 55.9 cm³/mol. The molecule has 80 valence electrons. The highest BCUT2D eigenvalue weighted by atomic mass is 16.5. The first kappa shape index (κ1) is 11.5. The number of nitriles is 1. The van der Waals surface area contributed by atoms with E-state index in [9.17, 15) is 0 Å². The molecule has 0 spiro atoms. The van der Waals surface area contributed by atoms with Crippen molar-refractivity contribution < 1.29 is 4.74 Å². The Kier molecular flexibility index (Phi) is 3.91. The van der Waals surface area contributed by atoms with Gasteiger partial charge in [0.25, 0.3) is 0 Å². The van der Waals surface area contributed by atoms with Gasteiger partial charge in [-0.3, -0.25) is 4.90 Å². The molecule has 1 saturated heterocycles. The Morgan fingerprint density at radius 2 is 2.29 bits per heavy atom. The summed E-state index contributed by atoms with van der Waals surface area (Å²) in [6, 6.07) is 2.58. The van der Waals surface area contributed by atoms with Gasteiger partial charge in [-0.05, 0) is 27.2 Å². The van der Waals surface area contributed by atoms with Crippen molar-refractivity contribution in [2.24, 2.45) is 0 Å². The van der Waals surface area contributed by atoms with Gasteiger partial charge >= 0.3 is 0 Å². The standard InChI is InChI=1S/C11H20N2O/c1-10(5-6-12)13-7-4-8-14-11(2,3)9-13/h10H,4-5,7-9H2,1-3H3. The molecule has 3 heteroatoms. The molecule has 3 nitrogen and oxygen atoms in total. The van der Waals surface area contributed by atoms with E-state index in [1.165, 1.54) is 0 Å². The summed E-state index contributed by atoms with van der Waals surface area (Å²) in [7, 11) is 0. The molecular weight excluding hydrogens is 176 g/mol. The van der Waals surface area contributed by atoms with Crippen molar-refractivity contribution in [2.45, 2.75) is 45.3 Å². The molecule has 0 radical (unpaired) electrons. The van der Waals surface area contributed by atoms with E-state index in [-0.39, 0.29) is 5.60 Å². The van der Waals surface area contributed by atoms with Crippen LogP contribution in [0.15, 0.2) is 0 Å². The van der Waals surface area contributed by atoms with Crippen molar-refractivity contribution in [3.05, 3.63) is 0 Å². The third-order valence-corrected chi connectivity index (χ3v) is 2.68. The van der Waals surface area contributed by atoms with Crippen LogP contribution in [-0.2, 0) is 4.74 Å². The second kappa shape index (κ2) is 4.77. The molecular formula is C11H20N2O. The highest BCUT2D eigenvalue weighted by Crippen LogP contribution is 2.18. The van der Waals surface area contributed by atoms with E-state index in [2.05, 4.69) is 31.7 Å². The highest BCUT2D eigenvalue weighted by Gasteiger charge is 2.27. The molecule has 0 aromatic carbocycles. The van der Waals surface area contributed by atoms with Crippen molar-refractivity contribution in [1.29, 1.82) is 5.26 Å². The Balaban J connectivity index is 2.55. The van der Waals surface area contributed by atoms with Gasteiger partial charge in [0, 0.05) is 25.7 Å². The van der Waals surface area contributed by atoms with E-state index >= 15 is 0 Å². The van der Waals surface area contributed by atoms with Crippen LogP contribution < -0.4 is 0 Å². The summed E-state index contributed by atoms with van der Waals surface area (Å²) < 4.78 is 5.72. The minimum atomic E-state index is -0.0692. The zero-order chi connectivity index (χ0) is 10.6. The highest BCUT2D eigenvalue weighted by molar-refractivity contribution is 4.85. The summed E-state index contributed by atoms with van der Waals surface area (Å²) in [5.41, 5.74) is -0.0692. The van der Waals surface area contributed by atoms with Gasteiger partial charge in [-0.2, -0.15) is 5.26 Å². The van der Waals surface area contributed by atoms with Crippen molar-refractivity contribution in [1.82, 2.24) is 4.90 Å². The summed E-state index contributed by atoms with van der Waals surface area (Å²) in [6.45, 7) is 9.16. The van der Waals surface area contributed by atoms with Crippen LogP contribution in [-0.4, -0.2) is 36.2 Å². The summed E-state index contributed by atoms with van der Waals surface area (Å²) in [6.07, 6.45) is 1.68. The van der Waals surface area contributed by atoms with Gasteiger partial charge in [0.2, 0.25) is 0 Å². The second-order valence-electron chi connectivity index (χ2n) is 4.64. The Bertz CT molecular complexity index is 220. The molecule has 0 amide bonds. The number of hydrogen-bond acceptors (Lipinski definition) is 3. The first-order chi connectivity index (χ1) is 6.55. The summed E-state index contributed by atoms with van der Waals surface area (Å²) in [4.78, 5) is 2.36. The Hall–Kier alpha value is -0.590. The van der Waals surface area contributed by atoms with Gasteiger partial charge in [-0.1, -0.05) is 0 Å². The lowest BCUT2D eigenvalue weighted by atomic mass is 10.1. The number of ether oxygens (including phenoxy) is 1. The fraction of sp³-hybridized carbons (Fsp3) is 0.909. The lowest BCUT2D eigenvalue weighted by Gasteiger charge is -2.32. The van der Waals surface area contributed by atoms with Crippen molar-refractivity contribution >= 4 is 0 Å². The van der Waals surface area contributed by atoms with Gasteiger partial charge < -0.3 is 4.74 Å². The molecule has 0 aliphatic carbocycles. The first-order valence-corrected chi connectivity index (χ1v) is 5.30. The van der Waals surface area contributed by atoms with Crippen LogP contribution in [0.1, 0.15) is 33.6 Å². The van der Waals surface area contributed by atoms with E-state index in [1.807, 2.05) is 0 Å². The summed E-state index contributed by atoms with van der Waals surface area (Å²) in [5.74, 6) is 0. The van der Waals surface area contributed by atoms with Crippen molar-refractivity contribution in [2.75, 3.05) is 19.7 Å². The topological polar surface area (TPSA) is 36.3 Å². The molecule has 1 unspecified atom stereocenters. The van der Waals surface area contributed by atoms with Crippen molar-refractivity contribution in [3.8, 4) is 6.07 Å². The van der Waals surface area contributed by atoms with E-state index in [4.69, 9.17) is 10.00 Å². The average Bonchev–Trinajstić information content (AvgIpc) is 2.27. The average molecular weight is 196 g/mol. The fourth-order valence-corrected chi connectivity index (χ4v) is 1.87. The molecule has 0 aromatic heterocycles. The van der Waals surface area contributed by atoms with Crippen LogP contribution in [0.25, 0.3) is 0 Å². The van der Waals surface area contributed by atoms with E-state index < -0.39 is 0 Å². The maximum atomic E-state index is 8.66. The monoisotopic (exact) mass is 196 g/mol. The van der Waals surface area contributed by atoms with Gasteiger partial charge in [0.15, 0.2) is 0 Å². The molecule has 0 bridgehead atoms. The summed E-state index contributed by atoms with van der Waals surface area (Å²) >= 11 is 0. The molecule has 1 atom stereocenters. The fourth-order valence-electron chi connectivity index (χ4n) is 1.87. The smallest absolute Gasteiger partial charge is 0.0752 e. The lowest BCUT2D eigenvalue weighted by molar-refractivity contribution is -0.0211. The molecule has 14 heavy (non-hydrogen) atoms. The molecule has 1 aliphatic rings. The van der Waals surface area contributed by atoms with E-state index in [0.717, 1.165) is 26.1 Å². The van der Waals surface area contributed by atoms with E-state index in [1.54, 1.807) is 0 Å². The van der Waals surface area contributed by atoms with Crippen LogP contribution in [0, 0.1) is 11.3 Å². The number of nitrogens with zero attached hydrogens (tertiary/aromatic N) is 2. The van der Waals surface area contributed by atoms with Gasteiger partial charge in [0.05, 0.1) is 18.1 Å². The maximum Gasteiger partial charge on any atom is 0.0752 e. The Morgan fingerprint density at radius 1 is 1.57 bits per heavy atom. The predicted octanol–water partition coefficient (Wildman–Crippen LogP) is 1.79. The van der Waals surface area contributed by atoms with E-state index in [0.29, 0.717) is 12.5 Å². The number of rotatable bonds is 2. The van der Waals surface area contributed by atoms with Crippen LogP contribution in [0.2, 0.25) is 0 Å². The quantitative estimate of drug-likeness (QED) is 0.675. The normalized spacial score (nSPS) is 25.0. The van der Waals surface area contributed by atoms with Gasteiger partial charge in [-0.25, -0.2) is 0 Å².